The summed E-state index contributed by atoms with van der Waals surface area (Å²) in [5.41, 5.74) is 6.28. The number of aromatic nitrogens is 4. The Morgan fingerprint density at radius 1 is 0.821 bits per heavy atom. The molecular formula is C24H34N4. The predicted octanol–water partition coefficient (Wildman–Crippen LogP) is 6.82. The molecule has 1 atom stereocenters. The number of hydrogen-bond acceptors (Lipinski definition) is 2. The van der Waals surface area contributed by atoms with E-state index >= 15 is 0 Å². The molecule has 1 aromatic carbocycles. The van der Waals surface area contributed by atoms with Crippen LogP contribution in [0.15, 0.2) is 42.7 Å². The first-order valence-electron chi connectivity index (χ1n) is 10.5. The van der Waals surface area contributed by atoms with Crippen molar-refractivity contribution in [2.24, 2.45) is 0 Å². The zero-order valence-electron chi connectivity index (χ0n) is 18.1. The number of imidazole rings is 2. The van der Waals surface area contributed by atoms with Gasteiger partial charge in [-0.25, -0.2) is 9.97 Å². The number of nitrogens with one attached hydrogen (secondary N) is 2. The van der Waals surface area contributed by atoms with E-state index in [9.17, 15) is 0 Å². The number of aryl methyl sites for hydroxylation is 2. The van der Waals surface area contributed by atoms with Gasteiger partial charge in [-0.2, -0.15) is 0 Å². The van der Waals surface area contributed by atoms with Crippen molar-refractivity contribution >= 4 is 5.57 Å². The van der Waals surface area contributed by atoms with Gasteiger partial charge in [0.2, 0.25) is 0 Å². The molecule has 0 aliphatic heterocycles. The van der Waals surface area contributed by atoms with E-state index in [-0.39, 0.29) is 0 Å². The molecule has 1 aliphatic rings. The summed E-state index contributed by atoms with van der Waals surface area (Å²) >= 11 is 0. The van der Waals surface area contributed by atoms with Crippen LogP contribution in [-0.4, -0.2) is 19.9 Å². The van der Waals surface area contributed by atoms with Crippen LogP contribution in [0.5, 0.6) is 0 Å². The molecule has 1 unspecified atom stereocenters. The van der Waals surface area contributed by atoms with Crippen LogP contribution in [0.1, 0.15) is 75.8 Å². The molecule has 0 fully saturated rings. The van der Waals surface area contributed by atoms with E-state index in [0.29, 0.717) is 5.92 Å². The molecule has 3 aromatic rings. The maximum absolute atomic E-state index is 4.30. The third-order valence-electron chi connectivity index (χ3n) is 4.86. The molecule has 4 heteroatoms. The molecule has 0 saturated heterocycles. The summed E-state index contributed by atoms with van der Waals surface area (Å²) < 4.78 is 0. The van der Waals surface area contributed by atoms with Crippen molar-refractivity contribution in [3.8, 4) is 11.3 Å². The first-order chi connectivity index (χ1) is 13.7. The van der Waals surface area contributed by atoms with Crippen molar-refractivity contribution in [1.29, 1.82) is 0 Å². The number of rotatable bonds is 3. The van der Waals surface area contributed by atoms with Gasteiger partial charge in [0.25, 0.3) is 0 Å². The number of H-pyrrole nitrogens is 2. The largest absolute Gasteiger partial charge is 0.343 e. The average molecular weight is 379 g/mol. The molecule has 2 aromatic heterocycles. The number of allylic oxidation sites excluding steroid dienone is 2. The highest BCUT2D eigenvalue weighted by molar-refractivity contribution is 5.64. The molecule has 2 N–H and O–H groups in total. The topological polar surface area (TPSA) is 57.4 Å². The molecule has 150 valence electrons. The van der Waals surface area contributed by atoms with Gasteiger partial charge in [0.1, 0.15) is 11.6 Å². The molecular weight excluding hydrogens is 344 g/mol. The van der Waals surface area contributed by atoms with E-state index in [4.69, 9.17) is 0 Å². The molecule has 0 saturated carbocycles. The van der Waals surface area contributed by atoms with Gasteiger partial charge < -0.3 is 9.97 Å². The fraction of sp³-hybridized carbons (Fsp3) is 0.417. The lowest BCUT2D eigenvalue weighted by Gasteiger charge is -2.22. The van der Waals surface area contributed by atoms with Crippen LogP contribution in [-0.2, 0) is 0 Å². The summed E-state index contributed by atoms with van der Waals surface area (Å²) in [7, 11) is 0. The Kier molecular flexibility index (Phi) is 8.24. The van der Waals surface area contributed by atoms with E-state index in [1.807, 2.05) is 53.9 Å². The maximum atomic E-state index is 4.30. The summed E-state index contributed by atoms with van der Waals surface area (Å²) in [6.07, 6.45) is 9.60. The van der Waals surface area contributed by atoms with Gasteiger partial charge in [-0.1, -0.05) is 58.0 Å². The second-order valence-corrected chi connectivity index (χ2v) is 6.59. The van der Waals surface area contributed by atoms with Gasteiger partial charge in [0.15, 0.2) is 0 Å². The maximum Gasteiger partial charge on any atom is 0.103 e. The minimum atomic E-state index is 0.607. The summed E-state index contributed by atoms with van der Waals surface area (Å²) in [5, 5.41) is 0. The van der Waals surface area contributed by atoms with Gasteiger partial charge in [0.05, 0.1) is 23.8 Å². The third-order valence-corrected chi connectivity index (χ3v) is 4.86. The molecule has 4 rings (SSSR count). The lowest BCUT2D eigenvalue weighted by atomic mass is 9.83. The van der Waals surface area contributed by atoms with Crippen LogP contribution in [0.25, 0.3) is 16.8 Å². The molecule has 1 aliphatic carbocycles. The summed E-state index contributed by atoms with van der Waals surface area (Å²) in [4.78, 5) is 15.2. The Balaban J connectivity index is 0.000000660. The van der Waals surface area contributed by atoms with Crippen LogP contribution in [0.3, 0.4) is 0 Å². The molecule has 4 nitrogen and oxygen atoms in total. The molecule has 0 amide bonds. The number of hydrogen-bond donors (Lipinski definition) is 2. The normalized spacial score (nSPS) is 15.6. The molecule has 28 heavy (non-hydrogen) atoms. The standard InChI is InChI=1S/C20H22N4.2C2H6/c1-13-21-11-19(23-13)17-7-3-15(4-8-17)16-5-9-18(10-6-16)20-12-22-14(2)24-20;2*1-2/h3-4,7-9,11-12,16H,5-6,10H2,1-2H3,(H,21,23)(H,22,24);2*1-2H3. The Labute approximate surface area is 169 Å². The molecule has 0 bridgehead atoms. The van der Waals surface area contributed by atoms with Crippen molar-refractivity contribution in [2.45, 2.75) is 66.7 Å². The van der Waals surface area contributed by atoms with Crippen molar-refractivity contribution < 1.29 is 0 Å². The second kappa shape index (κ2) is 10.6. The summed E-state index contributed by atoms with van der Waals surface area (Å²) in [6.45, 7) is 12.0. The van der Waals surface area contributed by atoms with E-state index < -0.39 is 0 Å². The fourth-order valence-electron chi connectivity index (χ4n) is 3.47. The zero-order chi connectivity index (χ0) is 20.5. The van der Waals surface area contributed by atoms with Crippen LogP contribution in [0.4, 0.5) is 0 Å². The van der Waals surface area contributed by atoms with Crippen molar-refractivity contribution in [1.82, 2.24) is 19.9 Å². The highest BCUT2D eigenvalue weighted by Crippen LogP contribution is 2.36. The van der Waals surface area contributed by atoms with E-state index in [1.165, 1.54) is 28.8 Å². The highest BCUT2D eigenvalue weighted by Gasteiger charge is 2.18. The highest BCUT2D eigenvalue weighted by atomic mass is 14.9. The van der Waals surface area contributed by atoms with Crippen LogP contribution in [0.2, 0.25) is 0 Å². The van der Waals surface area contributed by atoms with Crippen molar-refractivity contribution in [2.75, 3.05) is 0 Å². The first-order valence-corrected chi connectivity index (χ1v) is 10.5. The van der Waals surface area contributed by atoms with Crippen molar-refractivity contribution in [3.05, 3.63) is 65.6 Å². The average Bonchev–Trinajstić information content (AvgIpc) is 3.40. The van der Waals surface area contributed by atoms with Gasteiger partial charge in [-0.3, -0.25) is 0 Å². The monoisotopic (exact) mass is 378 g/mol. The summed E-state index contributed by atoms with van der Waals surface area (Å²) in [6, 6.07) is 8.91. The Morgan fingerprint density at radius 3 is 1.86 bits per heavy atom. The quantitative estimate of drug-likeness (QED) is 0.525. The minimum absolute atomic E-state index is 0.607. The Hall–Kier alpha value is -2.62. The van der Waals surface area contributed by atoms with E-state index in [2.05, 4.69) is 50.3 Å². The van der Waals surface area contributed by atoms with E-state index in [0.717, 1.165) is 30.2 Å². The fourth-order valence-corrected chi connectivity index (χ4v) is 3.47. The molecule has 2 heterocycles. The number of benzene rings is 1. The third kappa shape index (κ3) is 5.22. The Morgan fingerprint density at radius 2 is 1.39 bits per heavy atom. The van der Waals surface area contributed by atoms with E-state index in [1.54, 1.807) is 0 Å². The van der Waals surface area contributed by atoms with Crippen LogP contribution in [0, 0.1) is 13.8 Å². The number of aromatic amines is 2. The van der Waals surface area contributed by atoms with Crippen molar-refractivity contribution in [3.63, 3.8) is 0 Å². The first kappa shape index (κ1) is 21.7. The van der Waals surface area contributed by atoms with Crippen LogP contribution < -0.4 is 0 Å². The van der Waals surface area contributed by atoms with Gasteiger partial charge in [0, 0.05) is 0 Å². The zero-order valence-corrected chi connectivity index (χ0v) is 18.1. The summed E-state index contributed by atoms with van der Waals surface area (Å²) in [5.74, 6) is 2.54. The SMILES string of the molecule is CC.CC.Cc1ncc(C2=CCC(c3ccc(-c4cnc(C)[nH]4)cc3)CC2)[nH]1. The van der Waals surface area contributed by atoms with Gasteiger partial charge in [-0.05, 0) is 55.7 Å². The van der Waals surface area contributed by atoms with Gasteiger partial charge in [-0.15, -0.1) is 0 Å². The molecule has 0 spiro atoms. The lowest BCUT2D eigenvalue weighted by molar-refractivity contribution is 0.625. The van der Waals surface area contributed by atoms with Crippen LogP contribution >= 0.6 is 0 Å². The lowest BCUT2D eigenvalue weighted by Crippen LogP contribution is -2.04. The smallest absolute Gasteiger partial charge is 0.103 e. The number of nitrogens with zero attached hydrogens (tertiary/aromatic N) is 2. The molecule has 0 radical (unpaired) electrons. The Bertz CT molecular complexity index is 868. The minimum Gasteiger partial charge on any atom is -0.343 e. The predicted molar refractivity (Wildman–Crippen MR) is 119 cm³/mol. The van der Waals surface area contributed by atoms with Gasteiger partial charge >= 0.3 is 0 Å². The second-order valence-electron chi connectivity index (χ2n) is 6.59.